The standard InChI is InChI=1S/C27H34N4O4S/c1-34-20-7-9-24-22(17-20)21(10-13-28-24)25(30-35-2)8-6-19-11-14-31(18-23(19)27(32)33)15-16-36-26-5-3-4-12-29-26/h3-5,7,9-10,12-13,17,19,23,25,30H,6,8,11,14-16,18H2,1-2H3,(H,32,33)/t19-,23+,25?/m1/s1. The highest BCUT2D eigenvalue weighted by Crippen LogP contribution is 2.34. The molecule has 9 heteroatoms. The highest BCUT2D eigenvalue weighted by Gasteiger charge is 2.34. The molecule has 0 radical (unpaired) electrons. The van der Waals surface area contributed by atoms with Crippen LogP contribution in [0.5, 0.6) is 5.75 Å². The Morgan fingerprint density at radius 3 is 2.86 bits per heavy atom. The van der Waals surface area contributed by atoms with Crippen LogP contribution in [0.1, 0.15) is 30.9 Å². The van der Waals surface area contributed by atoms with Crippen molar-refractivity contribution in [2.75, 3.05) is 39.6 Å². The summed E-state index contributed by atoms with van der Waals surface area (Å²) in [5.41, 5.74) is 5.08. The topological polar surface area (TPSA) is 96.8 Å². The van der Waals surface area contributed by atoms with Crippen molar-refractivity contribution in [1.82, 2.24) is 20.3 Å². The van der Waals surface area contributed by atoms with Gasteiger partial charge in [-0.05, 0) is 73.7 Å². The molecule has 3 aromatic rings. The third kappa shape index (κ3) is 6.73. The van der Waals surface area contributed by atoms with Crippen molar-refractivity contribution in [3.63, 3.8) is 0 Å². The normalized spacial score (nSPS) is 19.3. The highest BCUT2D eigenvalue weighted by molar-refractivity contribution is 7.99. The Morgan fingerprint density at radius 1 is 1.22 bits per heavy atom. The van der Waals surface area contributed by atoms with Gasteiger partial charge in [-0.1, -0.05) is 6.07 Å². The lowest BCUT2D eigenvalue weighted by atomic mass is 9.81. The van der Waals surface area contributed by atoms with E-state index in [4.69, 9.17) is 9.57 Å². The maximum absolute atomic E-state index is 12.2. The number of nitrogens with zero attached hydrogens (tertiary/aromatic N) is 3. The van der Waals surface area contributed by atoms with Gasteiger partial charge < -0.3 is 19.6 Å². The van der Waals surface area contributed by atoms with E-state index in [1.165, 1.54) is 0 Å². The predicted molar refractivity (Wildman–Crippen MR) is 141 cm³/mol. The highest BCUT2D eigenvalue weighted by atomic mass is 32.2. The van der Waals surface area contributed by atoms with Crippen molar-refractivity contribution in [1.29, 1.82) is 0 Å². The number of hydrogen-bond acceptors (Lipinski definition) is 8. The van der Waals surface area contributed by atoms with Gasteiger partial charge in [0.15, 0.2) is 0 Å². The Hall–Kier alpha value is -2.72. The number of likely N-dealkylation sites (tertiary alicyclic amines) is 1. The van der Waals surface area contributed by atoms with Crippen molar-refractivity contribution in [2.24, 2.45) is 11.8 Å². The molecule has 1 aromatic carbocycles. The van der Waals surface area contributed by atoms with Crippen molar-refractivity contribution in [2.45, 2.75) is 30.3 Å². The predicted octanol–water partition coefficient (Wildman–Crippen LogP) is 4.43. The van der Waals surface area contributed by atoms with E-state index in [2.05, 4.69) is 20.3 Å². The molecular formula is C27H34N4O4S. The molecule has 4 rings (SSSR count). The fraction of sp³-hybridized carbons (Fsp3) is 0.444. The molecule has 0 saturated carbocycles. The van der Waals surface area contributed by atoms with Gasteiger partial charge in [-0.25, -0.2) is 4.98 Å². The number of pyridine rings is 2. The smallest absolute Gasteiger partial charge is 0.308 e. The lowest BCUT2D eigenvalue weighted by Crippen LogP contribution is -2.44. The summed E-state index contributed by atoms with van der Waals surface area (Å²) in [5.74, 6) is 0.693. The molecular weight excluding hydrogens is 476 g/mol. The molecule has 0 amide bonds. The fourth-order valence-electron chi connectivity index (χ4n) is 4.99. The van der Waals surface area contributed by atoms with Gasteiger partial charge in [0, 0.05) is 36.6 Å². The number of piperidine rings is 1. The Morgan fingerprint density at radius 2 is 2.11 bits per heavy atom. The second kappa shape index (κ2) is 13.0. The molecule has 2 N–H and O–H groups in total. The average molecular weight is 511 g/mol. The number of carbonyl (C=O) groups is 1. The third-order valence-corrected chi connectivity index (χ3v) is 7.82. The van der Waals surface area contributed by atoms with Gasteiger partial charge >= 0.3 is 5.97 Å². The number of hydrogen-bond donors (Lipinski definition) is 2. The van der Waals surface area contributed by atoms with E-state index in [9.17, 15) is 9.90 Å². The number of hydroxylamine groups is 1. The maximum atomic E-state index is 12.2. The second-order valence-electron chi connectivity index (χ2n) is 9.05. The van der Waals surface area contributed by atoms with Gasteiger partial charge in [0.25, 0.3) is 0 Å². The minimum absolute atomic E-state index is 0.0881. The molecule has 0 bridgehead atoms. The molecule has 1 aliphatic heterocycles. The molecule has 2 aromatic heterocycles. The van der Waals surface area contributed by atoms with E-state index in [-0.39, 0.29) is 17.9 Å². The molecule has 36 heavy (non-hydrogen) atoms. The largest absolute Gasteiger partial charge is 0.497 e. The summed E-state index contributed by atoms with van der Waals surface area (Å²) >= 11 is 1.71. The van der Waals surface area contributed by atoms with Crippen molar-refractivity contribution in [3.8, 4) is 5.75 Å². The Labute approximate surface area is 216 Å². The number of aromatic nitrogens is 2. The molecule has 192 valence electrons. The summed E-state index contributed by atoms with van der Waals surface area (Å²) in [5, 5.41) is 12.0. The van der Waals surface area contributed by atoms with E-state index in [0.717, 1.165) is 65.3 Å². The number of benzene rings is 1. The van der Waals surface area contributed by atoms with Crippen LogP contribution in [-0.4, -0.2) is 65.6 Å². The van der Waals surface area contributed by atoms with Crippen LogP contribution in [-0.2, 0) is 9.63 Å². The van der Waals surface area contributed by atoms with Gasteiger partial charge in [-0.2, -0.15) is 5.48 Å². The first-order valence-corrected chi connectivity index (χ1v) is 13.3. The third-order valence-electron chi connectivity index (χ3n) is 6.90. The molecule has 0 aliphatic carbocycles. The number of ether oxygens (including phenoxy) is 1. The summed E-state index contributed by atoms with van der Waals surface area (Å²) in [4.78, 5) is 28.6. The SMILES string of the molecule is CONC(CC[C@@H]1CCN(CCSc2ccccn2)C[C@@H]1C(=O)O)c1ccnc2ccc(OC)cc12. The summed E-state index contributed by atoms with van der Waals surface area (Å²) in [7, 11) is 3.26. The Balaban J connectivity index is 1.39. The molecule has 1 unspecified atom stereocenters. The summed E-state index contributed by atoms with van der Waals surface area (Å²) in [6.45, 7) is 2.35. The van der Waals surface area contributed by atoms with Crippen LogP contribution in [0.4, 0.5) is 0 Å². The number of carboxylic acids is 1. The molecule has 3 heterocycles. The fourth-order valence-corrected chi connectivity index (χ4v) is 5.86. The molecule has 8 nitrogen and oxygen atoms in total. The van der Waals surface area contributed by atoms with Crippen molar-refractivity contribution < 1.29 is 19.5 Å². The minimum atomic E-state index is -0.711. The van der Waals surface area contributed by atoms with E-state index in [0.29, 0.717) is 6.54 Å². The minimum Gasteiger partial charge on any atom is -0.497 e. The van der Waals surface area contributed by atoms with Crippen LogP contribution < -0.4 is 10.2 Å². The second-order valence-corrected chi connectivity index (χ2v) is 10.2. The van der Waals surface area contributed by atoms with Crippen LogP contribution in [0.3, 0.4) is 0 Å². The van der Waals surface area contributed by atoms with Crippen LogP contribution in [0.2, 0.25) is 0 Å². The van der Waals surface area contributed by atoms with Gasteiger partial charge in [0.05, 0.1) is 36.7 Å². The van der Waals surface area contributed by atoms with E-state index in [1.807, 2.05) is 42.5 Å². The maximum Gasteiger partial charge on any atom is 0.308 e. The number of fused-ring (bicyclic) bond motifs is 1. The average Bonchev–Trinajstić information content (AvgIpc) is 2.91. The van der Waals surface area contributed by atoms with Gasteiger partial charge in [-0.3, -0.25) is 9.78 Å². The number of rotatable bonds is 12. The molecule has 1 aliphatic rings. The van der Waals surface area contributed by atoms with Crippen LogP contribution in [0.15, 0.2) is 59.9 Å². The molecule has 3 atom stereocenters. The van der Waals surface area contributed by atoms with Crippen LogP contribution in [0, 0.1) is 11.8 Å². The first kappa shape index (κ1) is 26.3. The van der Waals surface area contributed by atoms with E-state index >= 15 is 0 Å². The molecule has 1 fully saturated rings. The van der Waals surface area contributed by atoms with Crippen LogP contribution in [0.25, 0.3) is 10.9 Å². The summed E-state index contributed by atoms with van der Waals surface area (Å²) in [6.07, 6.45) is 6.02. The Kier molecular flexibility index (Phi) is 9.52. The number of thioether (sulfide) groups is 1. The number of nitrogens with one attached hydrogen (secondary N) is 1. The zero-order valence-electron chi connectivity index (χ0n) is 20.8. The Bertz CT molecular complexity index is 1130. The molecule has 1 saturated heterocycles. The van der Waals surface area contributed by atoms with E-state index in [1.54, 1.807) is 38.4 Å². The number of carboxylic acid groups (broad SMARTS) is 1. The van der Waals surface area contributed by atoms with Gasteiger partial charge in [0.1, 0.15) is 5.75 Å². The van der Waals surface area contributed by atoms with Crippen molar-refractivity contribution in [3.05, 3.63) is 60.4 Å². The van der Waals surface area contributed by atoms with E-state index < -0.39 is 5.97 Å². The number of aliphatic carboxylic acids is 1. The summed E-state index contributed by atoms with van der Waals surface area (Å²) < 4.78 is 5.42. The van der Waals surface area contributed by atoms with Crippen molar-refractivity contribution >= 4 is 28.6 Å². The van der Waals surface area contributed by atoms with Gasteiger partial charge in [-0.15, -0.1) is 11.8 Å². The zero-order chi connectivity index (χ0) is 25.3. The van der Waals surface area contributed by atoms with Gasteiger partial charge in [0.2, 0.25) is 0 Å². The first-order chi connectivity index (χ1) is 17.6. The lowest BCUT2D eigenvalue weighted by molar-refractivity contribution is -0.146. The molecule has 0 spiro atoms. The zero-order valence-corrected chi connectivity index (χ0v) is 21.6. The number of methoxy groups -OCH3 is 1. The quantitative estimate of drug-likeness (QED) is 0.271. The first-order valence-electron chi connectivity index (χ1n) is 12.3. The summed E-state index contributed by atoms with van der Waals surface area (Å²) in [6, 6.07) is 13.6. The van der Waals surface area contributed by atoms with Crippen LogP contribution >= 0.6 is 11.8 Å². The monoisotopic (exact) mass is 510 g/mol. The lowest BCUT2D eigenvalue weighted by Gasteiger charge is -2.37.